The molecule has 2 heterocycles. The third kappa shape index (κ3) is 5.23. The number of nitrogens with zero attached hydrogens (tertiary/aromatic N) is 5. The van der Waals surface area contributed by atoms with Crippen molar-refractivity contribution in [2.24, 2.45) is 0 Å². The number of ether oxygens (including phenoxy) is 3. The average Bonchev–Trinajstić information content (AvgIpc) is 3.31. The van der Waals surface area contributed by atoms with Crippen LogP contribution in [0.1, 0.15) is 5.82 Å². The predicted molar refractivity (Wildman–Crippen MR) is 123 cm³/mol. The van der Waals surface area contributed by atoms with Gasteiger partial charge in [-0.25, -0.2) is 0 Å². The minimum absolute atomic E-state index is 0.114. The minimum atomic E-state index is 0.114. The first kappa shape index (κ1) is 22.1. The standard InChI is InChI=1S/C21H21N7O4S/c1-29-14-9-12(10-15(30-2)17(14)31-3)18-27-28-21(32-18)33-11-16-24-19(22)26-20(25-16)23-13-7-5-4-6-8-13/h4-10H,11H2,1-3H3,(H3,22,23,24,25,26). The van der Waals surface area contributed by atoms with Crippen LogP contribution in [0.3, 0.4) is 0 Å². The van der Waals surface area contributed by atoms with Crippen LogP contribution in [-0.4, -0.2) is 46.5 Å². The summed E-state index contributed by atoms with van der Waals surface area (Å²) in [6, 6.07) is 13.0. The second-order valence-electron chi connectivity index (χ2n) is 6.50. The number of nitrogens with one attached hydrogen (secondary N) is 1. The first-order valence-corrected chi connectivity index (χ1v) is 10.7. The highest BCUT2D eigenvalue weighted by molar-refractivity contribution is 7.98. The van der Waals surface area contributed by atoms with E-state index in [0.717, 1.165) is 5.69 Å². The molecule has 11 nitrogen and oxygen atoms in total. The van der Waals surface area contributed by atoms with Gasteiger partial charge in [0.15, 0.2) is 11.5 Å². The summed E-state index contributed by atoms with van der Waals surface area (Å²) in [5, 5.41) is 11.7. The smallest absolute Gasteiger partial charge is 0.277 e. The van der Waals surface area contributed by atoms with Crippen LogP contribution in [0.4, 0.5) is 17.6 Å². The molecule has 4 aromatic rings. The number of hydrogen-bond donors (Lipinski definition) is 2. The lowest BCUT2D eigenvalue weighted by Gasteiger charge is -2.12. The topological polar surface area (TPSA) is 143 Å². The van der Waals surface area contributed by atoms with Gasteiger partial charge in [-0.1, -0.05) is 30.0 Å². The van der Waals surface area contributed by atoms with Crippen molar-refractivity contribution in [3.63, 3.8) is 0 Å². The van der Waals surface area contributed by atoms with Gasteiger partial charge in [-0.15, -0.1) is 10.2 Å². The zero-order chi connectivity index (χ0) is 23.2. The monoisotopic (exact) mass is 467 g/mol. The Labute approximate surface area is 193 Å². The number of methoxy groups -OCH3 is 3. The number of para-hydroxylation sites is 1. The van der Waals surface area contributed by atoms with Gasteiger partial charge in [0.25, 0.3) is 5.22 Å². The Morgan fingerprint density at radius 1 is 0.939 bits per heavy atom. The first-order chi connectivity index (χ1) is 16.1. The number of aromatic nitrogens is 5. The Bertz CT molecular complexity index is 1210. The van der Waals surface area contributed by atoms with Crippen LogP contribution in [-0.2, 0) is 5.75 Å². The van der Waals surface area contributed by atoms with Gasteiger partial charge >= 0.3 is 0 Å². The van der Waals surface area contributed by atoms with Crippen LogP contribution in [0.5, 0.6) is 17.2 Å². The third-order valence-electron chi connectivity index (χ3n) is 4.37. The molecule has 0 aliphatic carbocycles. The number of nitrogens with two attached hydrogens (primary N) is 1. The van der Waals surface area contributed by atoms with E-state index in [1.807, 2.05) is 30.3 Å². The molecule has 0 atom stereocenters. The van der Waals surface area contributed by atoms with Crippen LogP contribution >= 0.6 is 11.8 Å². The van der Waals surface area contributed by atoms with Gasteiger partial charge in [-0.3, -0.25) is 0 Å². The highest BCUT2D eigenvalue weighted by atomic mass is 32.2. The predicted octanol–water partition coefficient (Wildman–Crippen LogP) is 3.57. The van der Waals surface area contributed by atoms with Crippen LogP contribution in [0.2, 0.25) is 0 Å². The van der Waals surface area contributed by atoms with Crippen molar-refractivity contribution in [1.29, 1.82) is 0 Å². The van der Waals surface area contributed by atoms with Crippen molar-refractivity contribution in [2.75, 3.05) is 32.4 Å². The van der Waals surface area contributed by atoms with Gasteiger partial charge in [0.05, 0.1) is 27.1 Å². The normalized spacial score (nSPS) is 10.6. The summed E-state index contributed by atoms with van der Waals surface area (Å²) >= 11 is 1.28. The molecule has 0 fully saturated rings. The molecule has 0 amide bonds. The Morgan fingerprint density at radius 2 is 1.67 bits per heavy atom. The van der Waals surface area contributed by atoms with Crippen molar-refractivity contribution < 1.29 is 18.6 Å². The molecule has 33 heavy (non-hydrogen) atoms. The lowest BCUT2D eigenvalue weighted by atomic mass is 10.2. The highest BCUT2D eigenvalue weighted by Gasteiger charge is 2.18. The average molecular weight is 468 g/mol. The van der Waals surface area contributed by atoms with Gasteiger partial charge in [0.1, 0.15) is 5.82 Å². The van der Waals surface area contributed by atoms with E-state index < -0.39 is 0 Å². The van der Waals surface area contributed by atoms with Crippen molar-refractivity contribution in [3.05, 3.63) is 48.3 Å². The van der Waals surface area contributed by atoms with E-state index in [1.165, 1.54) is 33.1 Å². The summed E-state index contributed by atoms with van der Waals surface area (Å²) in [4.78, 5) is 12.7. The molecule has 12 heteroatoms. The van der Waals surface area contributed by atoms with E-state index in [1.54, 1.807) is 12.1 Å². The maximum atomic E-state index is 5.84. The van der Waals surface area contributed by atoms with Crippen molar-refractivity contribution in [2.45, 2.75) is 11.0 Å². The molecular weight excluding hydrogens is 446 g/mol. The number of anilines is 3. The number of thioether (sulfide) groups is 1. The summed E-state index contributed by atoms with van der Waals surface area (Å²) in [5.41, 5.74) is 7.31. The molecule has 0 saturated heterocycles. The maximum absolute atomic E-state index is 5.84. The molecule has 2 aromatic heterocycles. The molecule has 0 saturated carbocycles. The van der Waals surface area contributed by atoms with Gasteiger partial charge < -0.3 is 29.7 Å². The minimum Gasteiger partial charge on any atom is -0.493 e. The van der Waals surface area contributed by atoms with Crippen molar-refractivity contribution in [3.8, 4) is 28.7 Å². The number of nitrogen functional groups attached to an aromatic ring is 1. The van der Waals surface area contributed by atoms with E-state index in [-0.39, 0.29) is 5.95 Å². The molecule has 170 valence electrons. The number of hydrogen-bond acceptors (Lipinski definition) is 12. The highest BCUT2D eigenvalue weighted by Crippen LogP contribution is 2.41. The Morgan fingerprint density at radius 3 is 2.33 bits per heavy atom. The van der Waals surface area contributed by atoms with Gasteiger partial charge in [-0.2, -0.15) is 15.0 Å². The number of benzene rings is 2. The first-order valence-electron chi connectivity index (χ1n) is 9.68. The molecular formula is C21H21N7O4S. The fraction of sp³-hybridized carbons (Fsp3) is 0.190. The summed E-state index contributed by atoms with van der Waals surface area (Å²) in [6.07, 6.45) is 0. The van der Waals surface area contributed by atoms with Gasteiger partial charge in [0, 0.05) is 11.3 Å². The SMILES string of the molecule is COc1cc(-c2nnc(SCc3nc(N)nc(Nc4ccccc4)n3)o2)cc(OC)c1OC. The van der Waals surface area contributed by atoms with Crippen LogP contribution in [0.25, 0.3) is 11.5 Å². The summed E-state index contributed by atoms with van der Waals surface area (Å²) < 4.78 is 21.9. The second-order valence-corrected chi connectivity index (χ2v) is 7.43. The van der Waals surface area contributed by atoms with Crippen LogP contribution < -0.4 is 25.3 Å². The Kier molecular flexibility index (Phi) is 6.74. The van der Waals surface area contributed by atoms with Crippen LogP contribution in [0.15, 0.2) is 52.1 Å². The lowest BCUT2D eigenvalue weighted by Crippen LogP contribution is -2.06. The Hall–Kier alpha value is -4.06. The maximum Gasteiger partial charge on any atom is 0.277 e. The summed E-state index contributed by atoms with van der Waals surface area (Å²) in [7, 11) is 4.62. The second kappa shape index (κ2) is 10.0. The van der Waals surface area contributed by atoms with Gasteiger partial charge in [0.2, 0.25) is 23.5 Å². The van der Waals surface area contributed by atoms with Crippen LogP contribution in [0, 0.1) is 0 Å². The van der Waals surface area contributed by atoms with Crippen molar-refractivity contribution in [1.82, 2.24) is 25.1 Å². The van der Waals surface area contributed by atoms with E-state index in [2.05, 4.69) is 30.5 Å². The molecule has 4 rings (SSSR count). The van der Waals surface area contributed by atoms with E-state index in [0.29, 0.717) is 51.5 Å². The molecule has 0 aliphatic heterocycles. The summed E-state index contributed by atoms with van der Waals surface area (Å²) in [5.74, 6) is 3.04. The quantitative estimate of drug-likeness (QED) is 0.347. The van der Waals surface area contributed by atoms with E-state index in [9.17, 15) is 0 Å². The van der Waals surface area contributed by atoms with Gasteiger partial charge in [-0.05, 0) is 24.3 Å². The van der Waals surface area contributed by atoms with E-state index >= 15 is 0 Å². The van der Waals surface area contributed by atoms with Crippen molar-refractivity contribution >= 4 is 29.3 Å². The fourth-order valence-corrected chi connectivity index (χ4v) is 3.54. The Balaban J connectivity index is 1.49. The molecule has 0 radical (unpaired) electrons. The van der Waals surface area contributed by atoms with E-state index in [4.69, 9.17) is 24.4 Å². The molecule has 3 N–H and O–H groups in total. The molecule has 0 unspecified atom stereocenters. The molecule has 0 bridgehead atoms. The molecule has 0 spiro atoms. The zero-order valence-electron chi connectivity index (χ0n) is 18.1. The third-order valence-corrected chi connectivity index (χ3v) is 5.19. The fourth-order valence-electron chi connectivity index (χ4n) is 2.92. The zero-order valence-corrected chi connectivity index (χ0v) is 18.9. The lowest BCUT2D eigenvalue weighted by molar-refractivity contribution is 0.324. The molecule has 2 aromatic carbocycles. The molecule has 0 aliphatic rings. The summed E-state index contributed by atoms with van der Waals surface area (Å²) in [6.45, 7) is 0. The number of rotatable bonds is 9. The largest absolute Gasteiger partial charge is 0.493 e.